The average molecular weight is 317 g/mol. The van der Waals surface area contributed by atoms with Gasteiger partial charge in [0.25, 0.3) is 0 Å². The number of benzene rings is 1. The van der Waals surface area contributed by atoms with Crippen molar-refractivity contribution in [3.8, 4) is 5.75 Å². The Labute approximate surface area is 126 Å². The summed E-state index contributed by atoms with van der Waals surface area (Å²) in [4.78, 5) is 11.5. The second-order valence-corrected chi connectivity index (χ2v) is 5.13. The van der Waals surface area contributed by atoms with Crippen molar-refractivity contribution in [1.82, 2.24) is 5.32 Å². The van der Waals surface area contributed by atoms with E-state index in [4.69, 9.17) is 4.74 Å². The maximum atomic E-state index is 11.9. The summed E-state index contributed by atoms with van der Waals surface area (Å²) in [6.07, 6.45) is -3.64. The molecule has 2 rings (SSSR count). The smallest absolute Gasteiger partial charge is 0.411 e. The van der Waals surface area contributed by atoms with Gasteiger partial charge in [0.05, 0.1) is 6.61 Å². The van der Waals surface area contributed by atoms with E-state index >= 15 is 0 Å². The van der Waals surface area contributed by atoms with Crippen molar-refractivity contribution in [1.29, 1.82) is 0 Å². The lowest BCUT2D eigenvalue weighted by atomic mass is 10.1. The van der Waals surface area contributed by atoms with Crippen LogP contribution in [0.2, 0.25) is 0 Å². The first-order chi connectivity index (χ1) is 10.4. The molecular formula is C15H18F3NO3. The number of carbonyl (C=O) groups is 1. The molecule has 0 aromatic heterocycles. The molecule has 1 aliphatic rings. The monoisotopic (exact) mass is 317 g/mol. The van der Waals surface area contributed by atoms with Crippen LogP contribution < -0.4 is 10.1 Å². The number of nitrogens with one attached hydrogen (secondary N) is 1. The number of amides is 1. The van der Waals surface area contributed by atoms with Crippen LogP contribution in [0.3, 0.4) is 0 Å². The predicted octanol–water partition coefficient (Wildman–Crippen LogP) is 2.64. The van der Waals surface area contributed by atoms with Gasteiger partial charge in [0.2, 0.25) is 5.91 Å². The zero-order valence-corrected chi connectivity index (χ0v) is 12.2. The summed E-state index contributed by atoms with van der Waals surface area (Å²) in [7, 11) is 0. The average Bonchev–Trinajstić information content (AvgIpc) is 3.17. The molecule has 1 aliphatic carbocycles. The van der Waals surface area contributed by atoms with Crippen LogP contribution in [0.4, 0.5) is 13.2 Å². The van der Waals surface area contributed by atoms with Crippen molar-refractivity contribution in [2.75, 3.05) is 19.8 Å². The molecule has 7 heteroatoms. The van der Waals surface area contributed by atoms with Crippen LogP contribution in [0.25, 0.3) is 0 Å². The third kappa shape index (κ3) is 5.22. The topological polar surface area (TPSA) is 47.6 Å². The third-order valence-corrected chi connectivity index (χ3v) is 3.25. The molecule has 1 N–H and O–H groups in total. The zero-order chi connectivity index (χ0) is 16.2. The summed E-state index contributed by atoms with van der Waals surface area (Å²) in [6, 6.07) is 7.55. The second-order valence-electron chi connectivity index (χ2n) is 5.13. The van der Waals surface area contributed by atoms with Crippen molar-refractivity contribution >= 4 is 5.91 Å². The molecule has 1 aromatic rings. The molecule has 122 valence electrons. The molecule has 2 atom stereocenters. The van der Waals surface area contributed by atoms with E-state index in [1.165, 1.54) is 0 Å². The Morgan fingerprint density at radius 3 is 2.59 bits per heavy atom. The highest BCUT2D eigenvalue weighted by molar-refractivity contribution is 5.78. The Morgan fingerprint density at radius 1 is 1.32 bits per heavy atom. The minimum absolute atomic E-state index is 0.0417. The van der Waals surface area contributed by atoms with Crippen LogP contribution in [-0.4, -0.2) is 37.9 Å². The van der Waals surface area contributed by atoms with E-state index in [1.54, 1.807) is 0 Å². The fraction of sp³-hybridized carbons (Fsp3) is 0.533. The van der Waals surface area contributed by atoms with Gasteiger partial charge in [0, 0.05) is 12.0 Å². The fourth-order valence-corrected chi connectivity index (χ4v) is 2.21. The van der Waals surface area contributed by atoms with Crippen LogP contribution >= 0.6 is 0 Å². The van der Waals surface area contributed by atoms with Crippen molar-refractivity contribution in [2.45, 2.75) is 31.5 Å². The molecule has 0 saturated heterocycles. The minimum atomic E-state index is -4.41. The Balaban J connectivity index is 1.72. The molecule has 0 aliphatic heterocycles. The maximum Gasteiger partial charge on any atom is 0.411 e. The molecule has 0 radical (unpaired) electrons. The van der Waals surface area contributed by atoms with Gasteiger partial charge in [-0.15, -0.1) is 0 Å². The zero-order valence-electron chi connectivity index (χ0n) is 12.2. The number of halogens is 3. The summed E-state index contributed by atoms with van der Waals surface area (Å²) in [5.41, 5.74) is 1.07. The van der Waals surface area contributed by atoms with E-state index in [2.05, 4.69) is 10.1 Å². The highest BCUT2D eigenvalue weighted by Gasteiger charge is 2.39. The molecule has 4 nitrogen and oxygen atoms in total. The van der Waals surface area contributed by atoms with Gasteiger partial charge in [0.1, 0.15) is 19.0 Å². The van der Waals surface area contributed by atoms with E-state index in [0.717, 1.165) is 17.7 Å². The lowest BCUT2D eigenvalue weighted by molar-refractivity contribution is -0.175. The second kappa shape index (κ2) is 7.00. The van der Waals surface area contributed by atoms with Crippen LogP contribution in [0.15, 0.2) is 24.3 Å². The van der Waals surface area contributed by atoms with Crippen LogP contribution in [0, 0.1) is 0 Å². The summed E-state index contributed by atoms with van der Waals surface area (Å²) >= 11 is 0. The van der Waals surface area contributed by atoms with Gasteiger partial charge >= 0.3 is 6.18 Å². The predicted molar refractivity (Wildman–Crippen MR) is 73.8 cm³/mol. The molecule has 1 aromatic carbocycles. The van der Waals surface area contributed by atoms with E-state index in [0.29, 0.717) is 6.61 Å². The summed E-state index contributed by atoms with van der Waals surface area (Å²) in [5, 5.41) is 2.67. The third-order valence-electron chi connectivity index (χ3n) is 3.25. The Kier molecular flexibility index (Phi) is 5.28. The van der Waals surface area contributed by atoms with E-state index in [1.807, 2.05) is 31.2 Å². The SMILES string of the molecule is CCOc1ccc([C@@H]2C[C@H]2NC(=O)COCC(F)(F)F)cc1. The molecule has 0 unspecified atom stereocenters. The number of hydrogen-bond donors (Lipinski definition) is 1. The van der Waals surface area contributed by atoms with Gasteiger partial charge in [-0.05, 0) is 31.0 Å². The summed E-state index contributed by atoms with van der Waals surface area (Å²) < 4.78 is 45.3. The standard InChI is InChI=1S/C15H18F3NO3/c1-2-22-11-5-3-10(4-6-11)12-7-13(12)19-14(20)8-21-9-15(16,17)18/h3-6,12-13H,2,7-9H2,1H3,(H,19,20)/t12-,13+/m0/s1. The molecule has 0 spiro atoms. The Morgan fingerprint density at radius 2 is 2.00 bits per heavy atom. The van der Waals surface area contributed by atoms with Gasteiger partial charge < -0.3 is 14.8 Å². The van der Waals surface area contributed by atoms with E-state index < -0.39 is 25.3 Å². The summed E-state index contributed by atoms with van der Waals surface area (Å²) in [5.74, 6) is 0.456. The van der Waals surface area contributed by atoms with Crippen molar-refractivity contribution < 1.29 is 27.4 Å². The number of hydrogen-bond acceptors (Lipinski definition) is 3. The maximum absolute atomic E-state index is 11.9. The first kappa shape index (κ1) is 16.6. The number of ether oxygens (including phenoxy) is 2. The Hall–Kier alpha value is -1.76. The first-order valence-corrected chi connectivity index (χ1v) is 7.05. The quantitative estimate of drug-likeness (QED) is 0.841. The molecule has 0 heterocycles. The molecule has 0 bridgehead atoms. The number of rotatable bonds is 7. The first-order valence-electron chi connectivity index (χ1n) is 7.05. The van der Waals surface area contributed by atoms with Crippen LogP contribution in [0.1, 0.15) is 24.8 Å². The summed E-state index contributed by atoms with van der Waals surface area (Å²) in [6.45, 7) is 0.514. The minimum Gasteiger partial charge on any atom is -0.494 e. The van der Waals surface area contributed by atoms with Gasteiger partial charge in [0.15, 0.2) is 0 Å². The van der Waals surface area contributed by atoms with E-state index in [9.17, 15) is 18.0 Å². The van der Waals surface area contributed by atoms with Gasteiger partial charge in [-0.3, -0.25) is 4.79 Å². The highest BCUT2D eigenvalue weighted by atomic mass is 19.4. The highest BCUT2D eigenvalue weighted by Crippen LogP contribution is 2.41. The number of carbonyl (C=O) groups excluding carboxylic acids is 1. The fourth-order valence-electron chi connectivity index (χ4n) is 2.21. The molecule has 22 heavy (non-hydrogen) atoms. The van der Waals surface area contributed by atoms with Crippen molar-refractivity contribution in [3.63, 3.8) is 0 Å². The molecular weight excluding hydrogens is 299 g/mol. The lowest BCUT2D eigenvalue weighted by Crippen LogP contribution is -2.32. The molecule has 1 amide bonds. The normalized spacial score (nSPS) is 20.5. The molecule has 1 saturated carbocycles. The largest absolute Gasteiger partial charge is 0.494 e. The lowest BCUT2D eigenvalue weighted by Gasteiger charge is -2.08. The van der Waals surface area contributed by atoms with E-state index in [-0.39, 0.29) is 12.0 Å². The van der Waals surface area contributed by atoms with Gasteiger partial charge in [-0.1, -0.05) is 12.1 Å². The van der Waals surface area contributed by atoms with Gasteiger partial charge in [-0.25, -0.2) is 0 Å². The van der Waals surface area contributed by atoms with Crippen LogP contribution in [0.5, 0.6) is 5.75 Å². The Bertz CT molecular complexity index is 502. The number of alkyl halides is 3. The molecule has 1 fully saturated rings. The van der Waals surface area contributed by atoms with Gasteiger partial charge in [-0.2, -0.15) is 13.2 Å². The van der Waals surface area contributed by atoms with Crippen LogP contribution in [-0.2, 0) is 9.53 Å². The van der Waals surface area contributed by atoms with Crippen molar-refractivity contribution in [2.24, 2.45) is 0 Å². The van der Waals surface area contributed by atoms with Crippen molar-refractivity contribution in [3.05, 3.63) is 29.8 Å².